The minimum atomic E-state index is -0.182. The van der Waals surface area contributed by atoms with Crippen LogP contribution in [0.15, 0.2) is 28.2 Å². The molecule has 0 atom stereocenters. The first-order valence-electron chi connectivity index (χ1n) is 8.44. The zero-order chi connectivity index (χ0) is 18.4. The maximum atomic E-state index is 12.3. The third-order valence-electron chi connectivity index (χ3n) is 4.13. The second kappa shape index (κ2) is 8.93. The Balaban J connectivity index is 1.46. The molecule has 0 bridgehead atoms. The van der Waals surface area contributed by atoms with Crippen LogP contribution in [-0.2, 0) is 11.3 Å². The van der Waals surface area contributed by atoms with Crippen molar-refractivity contribution < 1.29 is 18.7 Å². The lowest BCUT2D eigenvalue weighted by Gasteiger charge is -2.33. The van der Waals surface area contributed by atoms with Crippen molar-refractivity contribution in [3.05, 3.63) is 40.2 Å². The molecule has 0 aromatic carbocycles. The molecule has 0 aliphatic carbocycles. The number of ether oxygens (including phenoxy) is 1. The topological polar surface area (TPSA) is 87.9 Å². The normalized spacial score (nSPS) is 15.2. The zero-order valence-corrected chi connectivity index (χ0v) is 15.5. The Morgan fingerprint density at radius 3 is 2.85 bits per heavy atom. The number of aromatic nitrogens is 1. The summed E-state index contributed by atoms with van der Waals surface area (Å²) in [7, 11) is 1.59. The summed E-state index contributed by atoms with van der Waals surface area (Å²) in [6, 6.07) is 3.40. The molecule has 0 spiro atoms. The Hall–Kier alpha value is -2.23. The van der Waals surface area contributed by atoms with Crippen LogP contribution in [0.3, 0.4) is 0 Å². The average molecular weight is 378 g/mol. The highest BCUT2D eigenvalue weighted by Crippen LogP contribution is 2.15. The molecule has 2 amide bonds. The molecular formula is C17H22N4O4S. The van der Waals surface area contributed by atoms with Gasteiger partial charge in [0.05, 0.1) is 19.4 Å². The minimum absolute atomic E-state index is 0.0704. The summed E-state index contributed by atoms with van der Waals surface area (Å²) >= 11 is 1.48. The van der Waals surface area contributed by atoms with Crippen molar-refractivity contribution in [1.29, 1.82) is 0 Å². The average Bonchev–Trinajstić information content (AvgIpc) is 3.34. The first-order valence-corrected chi connectivity index (χ1v) is 9.32. The molecule has 3 heterocycles. The van der Waals surface area contributed by atoms with E-state index in [0.717, 1.165) is 18.1 Å². The molecular weight excluding hydrogens is 356 g/mol. The lowest BCUT2D eigenvalue weighted by molar-refractivity contribution is 0.0597. The van der Waals surface area contributed by atoms with Crippen molar-refractivity contribution in [3.63, 3.8) is 0 Å². The number of nitrogens with zero attached hydrogens (tertiary/aromatic N) is 3. The third kappa shape index (κ3) is 4.69. The molecule has 0 saturated carbocycles. The molecule has 0 radical (unpaired) electrons. The fraction of sp³-hybridized carbons (Fsp3) is 0.471. The van der Waals surface area contributed by atoms with Crippen LogP contribution in [0.4, 0.5) is 0 Å². The SMILES string of the molecule is COCCNC(=O)c1csc(CN2CCN(C(=O)c3ccco3)CC2)n1. The fourth-order valence-electron chi connectivity index (χ4n) is 2.70. The highest BCUT2D eigenvalue weighted by atomic mass is 32.1. The first-order chi connectivity index (χ1) is 12.7. The van der Waals surface area contributed by atoms with E-state index in [4.69, 9.17) is 9.15 Å². The Morgan fingerprint density at radius 1 is 1.35 bits per heavy atom. The van der Waals surface area contributed by atoms with Gasteiger partial charge in [-0.15, -0.1) is 11.3 Å². The van der Waals surface area contributed by atoms with Crippen LogP contribution >= 0.6 is 11.3 Å². The molecule has 140 valence electrons. The van der Waals surface area contributed by atoms with Gasteiger partial charge in [0, 0.05) is 45.2 Å². The van der Waals surface area contributed by atoms with Crippen molar-refractivity contribution in [2.45, 2.75) is 6.54 Å². The number of rotatable bonds is 7. The van der Waals surface area contributed by atoms with Gasteiger partial charge in [0.1, 0.15) is 10.7 Å². The summed E-state index contributed by atoms with van der Waals surface area (Å²) in [6.07, 6.45) is 1.51. The van der Waals surface area contributed by atoms with Gasteiger partial charge < -0.3 is 19.4 Å². The van der Waals surface area contributed by atoms with Crippen LogP contribution in [0, 0.1) is 0 Å². The van der Waals surface area contributed by atoms with Crippen molar-refractivity contribution in [1.82, 2.24) is 20.1 Å². The molecule has 0 unspecified atom stereocenters. The van der Waals surface area contributed by atoms with E-state index in [0.29, 0.717) is 44.2 Å². The standard InChI is InChI=1S/C17H22N4O4S/c1-24-10-4-18-16(22)13-12-26-15(19-13)11-20-5-7-21(8-6-20)17(23)14-3-2-9-25-14/h2-3,9,12H,4-8,10-11H2,1H3,(H,18,22). The zero-order valence-electron chi connectivity index (χ0n) is 14.6. The molecule has 26 heavy (non-hydrogen) atoms. The molecule has 2 aromatic heterocycles. The number of carbonyl (C=O) groups is 2. The molecule has 3 rings (SSSR count). The van der Waals surface area contributed by atoms with Crippen LogP contribution in [0.5, 0.6) is 0 Å². The van der Waals surface area contributed by atoms with Crippen molar-refractivity contribution >= 4 is 23.2 Å². The molecule has 1 fully saturated rings. The van der Waals surface area contributed by atoms with Gasteiger partial charge in [-0.05, 0) is 12.1 Å². The lowest BCUT2D eigenvalue weighted by Crippen LogP contribution is -2.48. The molecule has 9 heteroatoms. The number of nitrogens with one attached hydrogen (secondary N) is 1. The number of methoxy groups -OCH3 is 1. The summed E-state index contributed by atoms with van der Waals surface area (Å²) in [4.78, 5) is 32.7. The monoisotopic (exact) mass is 378 g/mol. The number of amides is 2. The highest BCUT2D eigenvalue weighted by molar-refractivity contribution is 7.09. The first kappa shape index (κ1) is 18.6. The number of piperazine rings is 1. The Bertz CT molecular complexity index is 723. The molecule has 1 aliphatic rings. The van der Waals surface area contributed by atoms with Gasteiger partial charge in [-0.2, -0.15) is 0 Å². The number of hydrogen-bond donors (Lipinski definition) is 1. The number of thiazole rings is 1. The largest absolute Gasteiger partial charge is 0.459 e. The van der Waals surface area contributed by atoms with Crippen molar-refractivity contribution in [3.8, 4) is 0 Å². The van der Waals surface area contributed by atoms with Crippen LogP contribution in [-0.4, -0.2) is 73.0 Å². The molecule has 8 nitrogen and oxygen atoms in total. The summed E-state index contributed by atoms with van der Waals surface area (Å²) in [5.74, 6) is 0.125. The predicted octanol–water partition coefficient (Wildman–Crippen LogP) is 1.07. The maximum absolute atomic E-state index is 12.3. The van der Waals surface area contributed by atoms with E-state index < -0.39 is 0 Å². The Kier molecular flexibility index (Phi) is 6.37. The van der Waals surface area contributed by atoms with E-state index in [1.807, 2.05) is 0 Å². The van der Waals surface area contributed by atoms with E-state index >= 15 is 0 Å². The van der Waals surface area contributed by atoms with Crippen LogP contribution in [0.25, 0.3) is 0 Å². The quantitative estimate of drug-likeness (QED) is 0.725. The van der Waals surface area contributed by atoms with E-state index in [1.54, 1.807) is 29.5 Å². The van der Waals surface area contributed by atoms with Gasteiger partial charge >= 0.3 is 0 Å². The number of furan rings is 1. The lowest BCUT2D eigenvalue weighted by atomic mass is 10.3. The summed E-state index contributed by atoms with van der Waals surface area (Å²) in [6.45, 7) is 4.45. The smallest absolute Gasteiger partial charge is 0.289 e. The van der Waals surface area contributed by atoms with E-state index in [1.165, 1.54) is 17.6 Å². The predicted molar refractivity (Wildman–Crippen MR) is 96.2 cm³/mol. The molecule has 1 saturated heterocycles. The van der Waals surface area contributed by atoms with Crippen LogP contribution in [0.1, 0.15) is 26.1 Å². The minimum Gasteiger partial charge on any atom is -0.459 e. The van der Waals surface area contributed by atoms with Crippen LogP contribution in [0.2, 0.25) is 0 Å². The summed E-state index contributed by atoms with van der Waals surface area (Å²) in [5, 5.41) is 5.43. The second-order valence-corrected chi connectivity index (χ2v) is 6.86. The van der Waals surface area contributed by atoms with Gasteiger partial charge in [-0.1, -0.05) is 0 Å². The van der Waals surface area contributed by atoms with E-state index in [9.17, 15) is 9.59 Å². The number of hydrogen-bond acceptors (Lipinski definition) is 7. The summed E-state index contributed by atoms with van der Waals surface area (Å²) < 4.78 is 10.1. The third-order valence-corrected chi connectivity index (χ3v) is 4.96. The highest BCUT2D eigenvalue weighted by Gasteiger charge is 2.24. The van der Waals surface area contributed by atoms with Crippen LogP contribution < -0.4 is 5.32 Å². The van der Waals surface area contributed by atoms with Gasteiger partial charge in [-0.3, -0.25) is 14.5 Å². The van der Waals surface area contributed by atoms with Crippen molar-refractivity contribution in [2.75, 3.05) is 46.4 Å². The molecule has 1 N–H and O–H groups in total. The van der Waals surface area contributed by atoms with E-state index in [2.05, 4.69) is 15.2 Å². The Labute approximate surface area is 155 Å². The van der Waals surface area contributed by atoms with E-state index in [-0.39, 0.29) is 11.8 Å². The van der Waals surface area contributed by atoms with Gasteiger partial charge in [0.2, 0.25) is 0 Å². The second-order valence-electron chi connectivity index (χ2n) is 5.92. The number of carbonyl (C=O) groups excluding carboxylic acids is 2. The fourth-order valence-corrected chi connectivity index (χ4v) is 3.52. The van der Waals surface area contributed by atoms with Gasteiger partial charge in [-0.25, -0.2) is 4.98 Å². The maximum Gasteiger partial charge on any atom is 0.289 e. The van der Waals surface area contributed by atoms with Gasteiger partial charge in [0.25, 0.3) is 11.8 Å². The van der Waals surface area contributed by atoms with Crippen molar-refractivity contribution in [2.24, 2.45) is 0 Å². The Morgan fingerprint density at radius 2 is 2.15 bits per heavy atom. The molecule has 2 aromatic rings. The molecule has 1 aliphatic heterocycles. The van der Waals surface area contributed by atoms with Gasteiger partial charge in [0.15, 0.2) is 5.76 Å². The summed E-state index contributed by atoms with van der Waals surface area (Å²) in [5.41, 5.74) is 0.438.